The standard InChI is InChI=1S/C7H14N4O4/c8-5(7(12)13)2-1-3-10-6(9)4-11(14)15/h5H,1-4,8H2,(H2,9,10)(H,12,13). The van der Waals surface area contributed by atoms with Gasteiger partial charge in [0.1, 0.15) is 6.04 Å². The largest absolute Gasteiger partial charge is 0.480 e. The lowest BCUT2D eigenvalue weighted by Gasteiger charge is -2.03. The van der Waals surface area contributed by atoms with E-state index in [0.29, 0.717) is 6.42 Å². The first-order valence-corrected chi connectivity index (χ1v) is 4.32. The Bertz CT molecular complexity index is 266. The van der Waals surface area contributed by atoms with E-state index in [1.807, 2.05) is 0 Å². The van der Waals surface area contributed by atoms with E-state index in [9.17, 15) is 14.9 Å². The lowest BCUT2D eigenvalue weighted by atomic mass is 10.2. The van der Waals surface area contributed by atoms with Gasteiger partial charge < -0.3 is 16.6 Å². The molecule has 0 aromatic rings. The molecule has 0 aromatic carbocycles. The maximum atomic E-state index is 10.3. The molecule has 0 amide bonds. The second kappa shape index (κ2) is 6.71. The molecular formula is C7H14N4O4. The van der Waals surface area contributed by atoms with Crippen LogP contribution in [0.1, 0.15) is 12.8 Å². The van der Waals surface area contributed by atoms with Gasteiger partial charge in [0.25, 0.3) is 6.54 Å². The van der Waals surface area contributed by atoms with Crippen LogP contribution < -0.4 is 11.5 Å². The van der Waals surface area contributed by atoms with Crippen LogP contribution in [0.3, 0.4) is 0 Å². The van der Waals surface area contributed by atoms with Crippen molar-refractivity contribution in [3.8, 4) is 0 Å². The first-order valence-electron chi connectivity index (χ1n) is 4.32. The number of hydrogen-bond acceptors (Lipinski definition) is 5. The monoisotopic (exact) mass is 218 g/mol. The second-order valence-corrected chi connectivity index (χ2v) is 2.95. The van der Waals surface area contributed by atoms with E-state index < -0.39 is 23.5 Å². The fraction of sp³-hybridized carbons (Fsp3) is 0.714. The fourth-order valence-corrected chi connectivity index (χ4v) is 0.840. The molecule has 0 spiro atoms. The number of carboxylic acids is 1. The number of aliphatic imine (C=N–C) groups is 1. The van der Waals surface area contributed by atoms with Gasteiger partial charge >= 0.3 is 5.97 Å². The highest BCUT2D eigenvalue weighted by atomic mass is 16.6. The third-order valence-corrected chi connectivity index (χ3v) is 1.60. The minimum Gasteiger partial charge on any atom is -0.480 e. The highest BCUT2D eigenvalue weighted by Gasteiger charge is 2.10. The smallest absolute Gasteiger partial charge is 0.320 e. The fourth-order valence-electron chi connectivity index (χ4n) is 0.840. The average molecular weight is 218 g/mol. The van der Waals surface area contributed by atoms with Crippen molar-refractivity contribution in [1.82, 2.24) is 0 Å². The Balaban J connectivity index is 3.69. The highest BCUT2D eigenvalue weighted by molar-refractivity contribution is 5.81. The zero-order chi connectivity index (χ0) is 11.8. The molecule has 5 N–H and O–H groups in total. The predicted molar refractivity (Wildman–Crippen MR) is 53.2 cm³/mol. The minimum absolute atomic E-state index is 0.0658. The van der Waals surface area contributed by atoms with Gasteiger partial charge in [0.15, 0.2) is 5.84 Å². The summed E-state index contributed by atoms with van der Waals surface area (Å²) in [7, 11) is 0. The summed E-state index contributed by atoms with van der Waals surface area (Å²) in [5.74, 6) is -1.14. The Labute approximate surface area is 86.1 Å². The van der Waals surface area contributed by atoms with E-state index >= 15 is 0 Å². The molecule has 0 aliphatic heterocycles. The molecule has 86 valence electrons. The van der Waals surface area contributed by atoms with E-state index in [-0.39, 0.29) is 18.8 Å². The number of aliphatic carboxylic acids is 1. The molecule has 0 rings (SSSR count). The maximum Gasteiger partial charge on any atom is 0.320 e. The molecule has 1 atom stereocenters. The van der Waals surface area contributed by atoms with E-state index in [1.54, 1.807) is 0 Å². The van der Waals surface area contributed by atoms with Gasteiger partial charge in [0.2, 0.25) is 0 Å². The number of amidine groups is 1. The lowest BCUT2D eigenvalue weighted by Crippen LogP contribution is -2.30. The molecule has 0 radical (unpaired) electrons. The number of carbonyl (C=O) groups is 1. The van der Waals surface area contributed by atoms with Crippen LogP contribution in [0.15, 0.2) is 4.99 Å². The van der Waals surface area contributed by atoms with Gasteiger partial charge in [-0.25, -0.2) is 0 Å². The Morgan fingerprint density at radius 3 is 2.67 bits per heavy atom. The summed E-state index contributed by atoms with van der Waals surface area (Å²) >= 11 is 0. The summed E-state index contributed by atoms with van der Waals surface area (Å²) in [5.41, 5.74) is 10.4. The van der Waals surface area contributed by atoms with Gasteiger partial charge in [-0.1, -0.05) is 0 Å². The number of rotatable bonds is 7. The van der Waals surface area contributed by atoms with Gasteiger partial charge in [0.05, 0.1) is 0 Å². The molecule has 0 heterocycles. The molecule has 0 saturated heterocycles. The third-order valence-electron chi connectivity index (χ3n) is 1.60. The number of nitro groups is 1. The molecule has 0 aromatic heterocycles. The van der Waals surface area contributed by atoms with Crippen LogP contribution in [0, 0.1) is 10.1 Å². The molecule has 0 aliphatic carbocycles. The number of hydrogen-bond donors (Lipinski definition) is 3. The molecular weight excluding hydrogens is 204 g/mol. The third kappa shape index (κ3) is 7.38. The Hall–Kier alpha value is -1.70. The summed E-state index contributed by atoms with van der Waals surface area (Å²) in [4.78, 5) is 23.4. The van der Waals surface area contributed by atoms with Crippen molar-refractivity contribution in [3.63, 3.8) is 0 Å². The van der Waals surface area contributed by atoms with Crippen molar-refractivity contribution in [2.45, 2.75) is 18.9 Å². The van der Waals surface area contributed by atoms with Crippen LogP contribution in [-0.4, -0.2) is 41.0 Å². The Kier molecular flexibility index (Phi) is 5.95. The molecule has 0 aliphatic rings. The van der Waals surface area contributed by atoms with E-state index in [0.717, 1.165) is 0 Å². The molecule has 1 unspecified atom stereocenters. The van der Waals surface area contributed by atoms with Crippen molar-refractivity contribution in [2.24, 2.45) is 16.5 Å². The zero-order valence-electron chi connectivity index (χ0n) is 8.13. The zero-order valence-corrected chi connectivity index (χ0v) is 8.13. The van der Waals surface area contributed by atoms with Crippen LogP contribution in [-0.2, 0) is 4.79 Å². The second-order valence-electron chi connectivity index (χ2n) is 2.95. The number of nitrogens with zero attached hydrogens (tertiary/aromatic N) is 2. The molecule has 8 heteroatoms. The molecule has 0 bridgehead atoms. The lowest BCUT2D eigenvalue weighted by molar-refractivity contribution is -0.463. The molecule has 8 nitrogen and oxygen atoms in total. The first kappa shape index (κ1) is 13.3. The maximum absolute atomic E-state index is 10.3. The van der Waals surface area contributed by atoms with Crippen molar-refractivity contribution in [2.75, 3.05) is 13.1 Å². The van der Waals surface area contributed by atoms with Crippen molar-refractivity contribution in [1.29, 1.82) is 0 Å². The van der Waals surface area contributed by atoms with E-state index in [2.05, 4.69) is 4.99 Å². The minimum atomic E-state index is -1.07. The number of carboxylic acid groups (broad SMARTS) is 1. The summed E-state index contributed by atoms with van der Waals surface area (Å²) in [6.07, 6.45) is 0.705. The van der Waals surface area contributed by atoms with Crippen LogP contribution in [0.25, 0.3) is 0 Å². The highest BCUT2D eigenvalue weighted by Crippen LogP contribution is 1.95. The topological polar surface area (TPSA) is 145 Å². The van der Waals surface area contributed by atoms with Gasteiger partial charge in [0, 0.05) is 11.5 Å². The normalized spacial score (nSPS) is 13.5. The van der Waals surface area contributed by atoms with Crippen LogP contribution in [0.5, 0.6) is 0 Å². The predicted octanol–water partition coefficient (Wildman–Crippen LogP) is -1.19. The van der Waals surface area contributed by atoms with E-state index in [4.69, 9.17) is 16.6 Å². The van der Waals surface area contributed by atoms with Crippen LogP contribution in [0.2, 0.25) is 0 Å². The summed E-state index contributed by atoms with van der Waals surface area (Å²) in [6.45, 7) is -0.244. The number of nitrogens with two attached hydrogens (primary N) is 2. The summed E-state index contributed by atoms with van der Waals surface area (Å²) in [6, 6.07) is -0.920. The average Bonchev–Trinajstić information content (AvgIpc) is 2.10. The van der Waals surface area contributed by atoms with Crippen molar-refractivity contribution >= 4 is 11.8 Å². The molecule has 15 heavy (non-hydrogen) atoms. The van der Waals surface area contributed by atoms with Gasteiger partial charge in [-0.2, -0.15) is 0 Å². The summed E-state index contributed by atoms with van der Waals surface area (Å²) in [5, 5.41) is 18.4. The molecule has 0 fully saturated rings. The van der Waals surface area contributed by atoms with Crippen LogP contribution >= 0.6 is 0 Å². The van der Waals surface area contributed by atoms with Gasteiger partial charge in [-0.3, -0.25) is 19.9 Å². The van der Waals surface area contributed by atoms with Crippen molar-refractivity contribution < 1.29 is 14.8 Å². The van der Waals surface area contributed by atoms with Crippen LogP contribution in [0.4, 0.5) is 0 Å². The van der Waals surface area contributed by atoms with Crippen molar-refractivity contribution in [3.05, 3.63) is 10.1 Å². The van der Waals surface area contributed by atoms with Gasteiger partial charge in [-0.15, -0.1) is 0 Å². The Morgan fingerprint density at radius 2 is 2.20 bits per heavy atom. The first-order chi connectivity index (χ1) is 6.93. The summed E-state index contributed by atoms with van der Waals surface area (Å²) < 4.78 is 0. The SMILES string of the molecule is NC(C[N+](=O)[O-])=NCCCC(N)C(=O)O. The molecule has 0 saturated carbocycles. The van der Waals surface area contributed by atoms with Gasteiger partial charge in [-0.05, 0) is 12.8 Å². The van der Waals surface area contributed by atoms with E-state index in [1.165, 1.54) is 0 Å². The quantitative estimate of drug-likeness (QED) is 0.161. The Morgan fingerprint density at radius 1 is 1.60 bits per heavy atom.